The van der Waals surface area contributed by atoms with Gasteiger partial charge in [0.25, 0.3) is 20.2 Å². The van der Waals surface area contributed by atoms with E-state index in [0.29, 0.717) is 80.5 Å². The molecular formula is C47H62N8O20P3S2+. The molecule has 4 aliphatic rings. The number of imidazole rings is 1. The summed E-state index contributed by atoms with van der Waals surface area (Å²) in [6, 6.07) is 8.82. The maximum Gasteiger partial charge on any atom is 0.490 e. The number of nitrogens with two attached hydrogens (primary N) is 1. The molecule has 0 bridgehead atoms. The van der Waals surface area contributed by atoms with E-state index < -0.39 is 92.3 Å². The maximum absolute atomic E-state index is 12.8. The molecule has 10 N–H and O–H groups in total. The van der Waals surface area contributed by atoms with Gasteiger partial charge in [0.05, 0.1) is 34.7 Å². The van der Waals surface area contributed by atoms with Crippen molar-refractivity contribution in [3.8, 4) is 0 Å². The number of fused-ring (bicyclic) bond motifs is 7. The Hall–Kier alpha value is -4.94. The van der Waals surface area contributed by atoms with Crippen molar-refractivity contribution >= 4 is 83.7 Å². The first-order valence-corrected chi connectivity index (χ1v) is 32.5. The number of carbonyl (C=O) groups excluding carboxylic acids is 1. The molecule has 436 valence electrons. The lowest BCUT2D eigenvalue weighted by atomic mass is 9.60. The van der Waals surface area contributed by atoms with Gasteiger partial charge in [-0.25, -0.2) is 28.6 Å². The number of anilines is 2. The van der Waals surface area contributed by atoms with Crippen LogP contribution in [0.4, 0.5) is 17.2 Å². The van der Waals surface area contributed by atoms with Crippen molar-refractivity contribution < 1.29 is 96.3 Å². The van der Waals surface area contributed by atoms with E-state index in [1.54, 1.807) is 12.1 Å². The fourth-order valence-electron chi connectivity index (χ4n) is 10.6. The van der Waals surface area contributed by atoms with E-state index in [1.807, 2.05) is 43.9 Å². The molecule has 2 aromatic carbocycles. The van der Waals surface area contributed by atoms with Crippen LogP contribution in [0.25, 0.3) is 11.2 Å². The van der Waals surface area contributed by atoms with Gasteiger partial charge in [-0.15, -0.1) is 0 Å². The summed E-state index contributed by atoms with van der Waals surface area (Å²) in [6.07, 6.45) is 5.52. The number of nitrogens with zero attached hydrogens (tertiary/aromatic N) is 6. The average molecular weight is 1220 g/mol. The predicted octanol–water partition coefficient (Wildman–Crippen LogP) is 4.99. The highest BCUT2D eigenvalue weighted by Gasteiger charge is 2.59. The second-order valence-corrected chi connectivity index (χ2v) is 27.1. The molecule has 1 amide bonds. The Morgan fingerprint density at radius 1 is 0.850 bits per heavy atom. The zero-order valence-electron chi connectivity index (χ0n) is 43.4. The largest absolute Gasteiger partial charge is 0.490 e. The second kappa shape index (κ2) is 23.4. The van der Waals surface area contributed by atoms with Crippen LogP contribution >= 0.6 is 23.5 Å². The lowest BCUT2D eigenvalue weighted by molar-refractivity contribution is -0.438. The number of unbranched alkanes of at least 4 members (excludes halogenated alkanes) is 5. The lowest BCUT2D eigenvalue weighted by Crippen LogP contribution is -2.43. The number of aromatic nitrogens is 4. The molecule has 3 aliphatic heterocycles. The van der Waals surface area contributed by atoms with Crippen molar-refractivity contribution in [2.24, 2.45) is 0 Å². The third-order valence-electron chi connectivity index (χ3n) is 14.6. The van der Waals surface area contributed by atoms with E-state index in [9.17, 15) is 69.3 Å². The molecule has 1 fully saturated rings. The molecule has 0 saturated carbocycles. The molecule has 8 rings (SSSR count). The highest BCUT2D eigenvalue weighted by molar-refractivity contribution is 7.86. The van der Waals surface area contributed by atoms with Crippen LogP contribution in [-0.4, -0.2) is 138 Å². The van der Waals surface area contributed by atoms with Crippen LogP contribution in [0.5, 0.6) is 0 Å². The quantitative estimate of drug-likeness (QED) is 0.0139. The third-order valence-corrected chi connectivity index (χ3v) is 20.6. The van der Waals surface area contributed by atoms with Crippen LogP contribution in [-0.2, 0) is 72.0 Å². The number of benzene rings is 2. The number of allylic oxidation sites excluding steroid dienone is 4. The van der Waals surface area contributed by atoms with Crippen LogP contribution in [0.15, 0.2) is 94.9 Å². The highest BCUT2D eigenvalue weighted by atomic mass is 32.2. The number of ether oxygens (including phenoxy) is 1. The van der Waals surface area contributed by atoms with Crippen molar-refractivity contribution in [3.63, 3.8) is 0 Å². The number of nitrogen functional groups attached to an aromatic ring is 1. The van der Waals surface area contributed by atoms with Gasteiger partial charge in [-0.3, -0.25) is 27.5 Å². The minimum Gasteiger partial charge on any atom is -0.387 e. The molecule has 5 heterocycles. The van der Waals surface area contributed by atoms with Crippen LogP contribution in [0.1, 0.15) is 89.5 Å². The number of phosphoric ester groups is 2. The summed E-state index contributed by atoms with van der Waals surface area (Å²) in [6.45, 7) is 10.3. The van der Waals surface area contributed by atoms with E-state index in [1.165, 1.54) is 35.2 Å². The standard InChI is InChI=1S/C47H61N8O20P3S2/c1-5-53-34-19-17-30(79(65,66)67)24-32(34)46(3)29(2)47(4)33-25-31(80(68,69)70)18-20-35(33)54(38(47)15-13-14-37(46)53)22-11-8-9-16-39(56)49-21-10-6-7-12-23-71-76(59,60)74-78(63,64)75-77(61,62)72-26-36-41(57)42(58)45(73-36)55-28-52-40-43(48)50-27-51-44(40)55/h13-15,17-20,24-25,27-28,36,41-42,45,57-58H,2,5-12,16,21-23,26H2,1,3-4H3,(H7-,48,49,50,51,56,59,60,61,62,63,64,65,66,67,68,69,70)/p+1/t36-,41-,42-,45-,46?,47?/m1/s1. The Labute approximate surface area is 460 Å². The van der Waals surface area contributed by atoms with Crippen LogP contribution in [0.2, 0.25) is 0 Å². The van der Waals surface area contributed by atoms with E-state index >= 15 is 0 Å². The minimum atomic E-state index is -5.82. The monoisotopic (exact) mass is 1220 g/mol. The van der Waals surface area contributed by atoms with Crippen molar-refractivity contribution in [3.05, 3.63) is 96.3 Å². The smallest absolute Gasteiger partial charge is 0.387 e. The number of nitrogens with one attached hydrogen (secondary N) is 1. The number of hydrogen-bond donors (Lipinski definition) is 9. The molecular weight excluding hydrogens is 1150 g/mol. The van der Waals surface area contributed by atoms with Crippen molar-refractivity contribution in [2.45, 2.75) is 117 Å². The first-order valence-electron chi connectivity index (χ1n) is 25.1. The Kier molecular flexibility index (Phi) is 17.9. The molecule has 1 saturated heterocycles. The fraction of sp³-hybridized carbons (Fsp3) is 0.468. The Morgan fingerprint density at radius 2 is 1.50 bits per heavy atom. The number of hydrogen-bond acceptors (Lipinski definition) is 20. The van der Waals surface area contributed by atoms with E-state index in [2.05, 4.69) is 44.6 Å². The van der Waals surface area contributed by atoms with Gasteiger partial charge in [0.15, 0.2) is 23.4 Å². The van der Waals surface area contributed by atoms with Gasteiger partial charge < -0.3 is 45.6 Å². The number of aliphatic hydroxyl groups is 2. The zero-order chi connectivity index (χ0) is 58.4. The van der Waals surface area contributed by atoms with Gasteiger partial charge >= 0.3 is 23.5 Å². The lowest BCUT2D eigenvalue weighted by Gasteiger charge is -2.40. The summed E-state index contributed by atoms with van der Waals surface area (Å²) >= 11 is 0. The van der Waals surface area contributed by atoms with Crippen LogP contribution < -0.4 is 16.0 Å². The van der Waals surface area contributed by atoms with Crippen LogP contribution in [0.3, 0.4) is 0 Å². The zero-order valence-corrected chi connectivity index (χ0v) is 47.7. The van der Waals surface area contributed by atoms with Crippen LogP contribution in [0, 0.1) is 0 Å². The summed E-state index contributed by atoms with van der Waals surface area (Å²) in [7, 11) is -26.0. The summed E-state index contributed by atoms with van der Waals surface area (Å²) in [5, 5.41) is 24.0. The topological polar surface area (TPSA) is 412 Å². The molecule has 33 heteroatoms. The summed E-state index contributed by atoms with van der Waals surface area (Å²) in [4.78, 5) is 56.2. The molecule has 9 atom stereocenters. The molecule has 80 heavy (non-hydrogen) atoms. The summed E-state index contributed by atoms with van der Waals surface area (Å²) < 4.78 is 134. The first-order chi connectivity index (χ1) is 37.4. The molecule has 2 aromatic heterocycles. The van der Waals surface area contributed by atoms with Gasteiger partial charge in [0.1, 0.15) is 42.1 Å². The molecule has 5 unspecified atom stereocenters. The fourth-order valence-corrected chi connectivity index (χ4v) is 15.2. The number of phosphoric acid groups is 3. The number of amides is 1. The Bertz CT molecular complexity index is 3580. The number of rotatable bonds is 25. The van der Waals surface area contributed by atoms with Crippen molar-refractivity contribution in [1.29, 1.82) is 0 Å². The predicted molar refractivity (Wildman–Crippen MR) is 286 cm³/mol. The Morgan fingerprint density at radius 3 is 2.19 bits per heavy atom. The van der Waals surface area contributed by atoms with Crippen molar-refractivity contribution in [1.82, 2.24) is 24.8 Å². The van der Waals surface area contributed by atoms with Gasteiger partial charge in [0.2, 0.25) is 11.6 Å². The van der Waals surface area contributed by atoms with E-state index in [4.69, 9.17) is 15.0 Å². The number of aliphatic hydroxyl groups excluding tert-OH is 2. The molecule has 4 aromatic rings. The van der Waals surface area contributed by atoms with E-state index in [0.717, 1.165) is 23.4 Å². The van der Waals surface area contributed by atoms with Gasteiger partial charge in [-0.05, 0) is 94.0 Å². The van der Waals surface area contributed by atoms with Crippen molar-refractivity contribution in [2.75, 3.05) is 43.5 Å². The average Bonchev–Trinajstić information content (AvgIpc) is 4.12. The van der Waals surface area contributed by atoms with Gasteiger partial charge in [-0.2, -0.15) is 30.0 Å². The summed E-state index contributed by atoms with van der Waals surface area (Å²) in [5.74, 6) is -0.164. The first kappa shape index (κ1) is 61.1. The molecule has 28 nitrogen and oxygen atoms in total. The van der Waals surface area contributed by atoms with Gasteiger partial charge in [0, 0.05) is 55.0 Å². The third kappa shape index (κ3) is 12.5. The maximum atomic E-state index is 12.8. The van der Waals surface area contributed by atoms with Gasteiger partial charge in [-0.1, -0.05) is 25.5 Å². The SMILES string of the molecule is C=C1C2(C)C(=[N+](CCCCCC(=O)NCCCCCCOP(=O)(O)OP(=O)(O)OP(=O)(O)OC[C@H]3O[C@@H](n4cnc5c(N)ncnc54)[C@H](O)[C@@H]3O)c3ccc(S(=O)(=O)O)cc32)/C=C/C=C2/N(CC)c3ccc(S(=O)(=O)O)cc3C12C. The van der Waals surface area contributed by atoms with E-state index in [-0.39, 0.29) is 45.5 Å². The molecule has 0 spiro atoms. The number of carbonyl (C=O) groups is 1. The second-order valence-electron chi connectivity index (χ2n) is 19.6. The Balaban J connectivity index is 0.766. The minimum absolute atomic E-state index is 0.0210. The molecule has 0 radical (unpaired) electrons. The molecule has 1 aliphatic carbocycles. The highest BCUT2D eigenvalue weighted by Crippen LogP contribution is 2.68. The number of likely N-dealkylation sites (N-methyl/N-ethyl adjacent to an activating group) is 1. The summed E-state index contributed by atoms with van der Waals surface area (Å²) in [5.41, 5.74) is 8.59. The normalized spacial score (nSPS) is 26.1.